The first-order valence-corrected chi connectivity index (χ1v) is 7.14. The molecule has 1 aliphatic heterocycles. The first-order chi connectivity index (χ1) is 7.95. The second-order valence-corrected chi connectivity index (χ2v) is 5.99. The average Bonchev–Trinajstić information content (AvgIpc) is 2.29. The average molecular weight is 242 g/mol. The van der Waals surface area contributed by atoms with Crippen LogP contribution in [0.15, 0.2) is 0 Å². The first kappa shape index (κ1) is 14.9. The monoisotopic (exact) mass is 242 g/mol. The van der Waals surface area contributed by atoms with Gasteiger partial charge in [-0.15, -0.1) is 0 Å². The van der Waals surface area contributed by atoms with Gasteiger partial charge in [0.1, 0.15) is 0 Å². The van der Waals surface area contributed by atoms with Gasteiger partial charge in [-0.3, -0.25) is 4.90 Å². The Bertz CT molecular complexity index is 210. The van der Waals surface area contributed by atoms with Crippen LogP contribution in [0.5, 0.6) is 0 Å². The number of likely N-dealkylation sites (N-methyl/N-ethyl adjacent to an activating group) is 1. The van der Waals surface area contributed by atoms with Crippen LogP contribution in [0, 0.1) is 5.92 Å². The molecule has 1 aliphatic rings. The fourth-order valence-electron chi connectivity index (χ4n) is 2.33. The zero-order chi connectivity index (χ0) is 12.9. The van der Waals surface area contributed by atoms with Gasteiger partial charge in [0, 0.05) is 19.1 Å². The molecule has 0 bridgehead atoms. The number of nitrogens with zero attached hydrogens (tertiary/aromatic N) is 1. The number of hydrogen-bond acceptors (Lipinski definition) is 3. The smallest absolute Gasteiger partial charge is 0.0768 e. The predicted octanol–water partition coefficient (Wildman–Crippen LogP) is 1.86. The Hall–Kier alpha value is -0.120. The van der Waals surface area contributed by atoms with Crippen LogP contribution in [0.1, 0.15) is 47.0 Å². The lowest BCUT2D eigenvalue weighted by Crippen LogP contribution is -2.50. The highest BCUT2D eigenvalue weighted by atomic mass is 16.3. The van der Waals surface area contributed by atoms with Gasteiger partial charge in [0.15, 0.2) is 0 Å². The number of nitrogens with one attached hydrogen (secondary N) is 1. The van der Waals surface area contributed by atoms with Gasteiger partial charge in [-0.25, -0.2) is 0 Å². The fourth-order valence-corrected chi connectivity index (χ4v) is 2.33. The van der Waals surface area contributed by atoms with E-state index in [1.807, 2.05) is 6.92 Å². The Morgan fingerprint density at radius 3 is 2.59 bits per heavy atom. The number of hydrogen-bond donors (Lipinski definition) is 2. The maximum atomic E-state index is 10.4. The Morgan fingerprint density at radius 1 is 1.41 bits per heavy atom. The summed E-state index contributed by atoms with van der Waals surface area (Å²) >= 11 is 0. The molecule has 3 nitrogen and oxygen atoms in total. The van der Waals surface area contributed by atoms with Crippen molar-refractivity contribution in [2.24, 2.45) is 5.92 Å². The first-order valence-electron chi connectivity index (χ1n) is 7.14. The molecule has 0 amide bonds. The molecule has 3 heteroatoms. The maximum Gasteiger partial charge on any atom is 0.0768 e. The highest BCUT2D eigenvalue weighted by Gasteiger charge is 2.28. The van der Waals surface area contributed by atoms with Gasteiger partial charge in [-0.05, 0) is 38.8 Å². The number of aliphatic hydroxyl groups is 1. The molecule has 102 valence electrons. The molecule has 0 aliphatic carbocycles. The van der Waals surface area contributed by atoms with Gasteiger partial charge in [-0.1, -0.05) is 27.2 Å². The molecule has 1 heterocycles. The van der Waals surface area contributed by atoms with E-state index in [1.165, 1.54) is 19.3 Å². The molecule has 1 saturated heterocycles. The van der Waals surface area contributed by atoms with Crippen LogP contribution < -0.4 is 5.32 Å². The predicted molar refractivity (Wildman–Crippen MR) is 73.2 cm³/mol. The second-order valence-electron chi connectivity index (χ2n) is 5.99. The van der Waals surface area contributed by atoms with Gasteiger partial charge < -0.3 is 10.4 Å². The molecule has 0 aromatic heterocycles. The minimum absolute atomic E-state index is 0.302. The van der Waals surface area contributed by atoms with Crippen LogP contribution in [-0.4, -0.2) is 47.8 Å². The standard InChI is InChI=1S/C14H30N2O/c1-5-16(11-14(4,17)12(2)3)10-13-8-6-7-9-15-13/h12-13,15,17H,5-11H2,1-4H3. The lowest BCUT2D eigenvalue weighted by Gasteiger charge is -2.36. The summed E-state index contributed by atoms with van der Waals surface area (Å²) in [6, 6.07) is 0.617. The van der Waals surface area contributed by atoms with Crippen molar-refractivity contribution in [2.75, 3.05) is 26.2 Å². The van der Waals surface area contributed by atoms with Crippen molar-refractivity contribution in [2.45, 2.75) is 58.6 Å². The van der Waals surface area contributed by atoms with Crippen molar-refractivity contribution >= 4 is 0 Å². The Balaban J connectivity index is 2.42. The topological polar surface area (TPSA) is 35.5 Å². The lowest BCUT2D eigenvalue weighted by atomic mass is 9.91. The van der Waals surface area contributed by atoms with Crippen molar-refractivity contribution in [1.29, 1.82) is 0 Å². The third-order valence-electron chi connectivity index (χ3n) is 4.13. The summed E-state index contributed by atoms with van der Waals surface area (Å²) in [6.45, 7) is 12.3. The molecule has 2 atom stereocenters. The largest absolute Gasteiger partial charge is 0.389 e. The van der Waals surface area contributed by atoms with E-state index in [0.29, 0.717) is 12.0 Å². The van der Waals surface area contributed by atoms with Gasteiger partial charge in [0.2, 0.25) is 0 Å². The molecule has 1 fully saturated rings. The molecule has 0 radical (unpaired) electrons. The van der Waals surface area contributed by atoms with Crippen molar-refractivity contribution in [3.05, 3.63) is 0 Å². The van der Waals surface area contributed by atoms with E-state index in [1.54, 1.807) is 0 Å². The molecule has 2 N–H and O–H groups in total. The summed E-state index contributed by atoms with van der Waals surface area (Å²) in [5, 5.41) is 13.9. The van der Waals surface area contributed by atoms with Crippen LogP contribution >= 0.6 is 0 Å². The molecule has 1 rings (SSSR count). The van der Waals surface area contributed by atoms with Gasteiger partial charge in [-0.2, -0.15) is 0 Å². The highest BCUT2D eigenvalue weighted by molar-refractivity contribution is 4.83. The van der Waals surface area contributed by atoms with Crippen LogP contribution in [0.4, 0.5) is 0 Å². The van der Waals surface area contributed by atoms with Gasteiger partial charge in [0.05, 0.1) is 5.60 Å². The zero-order valence-electron chi connectivity index (χ0n) is 12.0. The Kier molecular flexibility index (Phi) is 5.90. The van der Waals surface area contributed by atoms with Crippen molar-refractivity contribution in [3.8, 4) is 0 Å². The molecule has 0 aromatic rings. The summed E-state index contributed by atoms with van der Waals surface area (Å²) < 4.78 is 0. The van der Waals surface area contributed by atoms with E-state index in [9.17, 15) is 5.11 Å². The van der Waals surface area contributed by atoms with Crippen LogP contribution in [0.25, 0.3) is 0 Å². The lowest BCUT2D eigenvalue weighted by molar-refractivity contribution is -0.0199. The zero-order valence-corrected chi connectivity index (χ0v) is 12.0. The summed E-state index contributed by atoms with van der Waals surface area (Å²) in [6.07, 6.45) is 3.93. The van der Waals surface area contributed by atoms with E-state index in [0.717, 1.165) is 26.2 Å². The highest BCUT2D eigenvalue weighted by Crippen LogP contribution is 2.18. The molecule has 17 heavy (non-hydrogen) atoms. The third-order valence-corrected chi connectivity index (χ3v) is 4.13. The molecular formula is C14H30N2O. The Labute approximate surface area is 107 Å². The van der Waals surface area contributed by atoms with Crippen molar-refractivity contribution in [3.63, 3.8) is 0 Å². The van der Waals surface area contributed by atoms with Crippen LogP contribution in [-0.2, 0) is 0 Å². The maximum absolute atomic E-state index is 10.4. The molecule has 2 unspecified atom stereocenters. The van der Waals surface area contributed by atoms with E-state index < -0.39 is 5.60 Å². The summed E-state index contributed by atoms with van der Waals surface area (Å²) in [4.78, 5) is 2.38. The fraction of sp³-hybridized carbons (Fsp3) is 1.00. The van der Waals surface area contributed by atoms with E-state index in [4.69, 9.17) is 0 Å². The quantitative estimate of drug-likeness (QED) is 0.746. The van der Waals surface area contributed by atoms with E-state index >= 15 is 0 Å². The summed E-state index contributed by atoms with van der Waals surface area (Å²) in [5.41, 5.74) is -0.579. The van der Waals surface area contributed by atoms with E-state index in [-0.39, 0.29) is 0 Å². The summed E-state index contributed by atoms with van der Waals surface area (Å²) in [5.74, 6) is 0.302. The minimum Gasteiger partial charge on any atom is -0.389 e. The molecule has 0 saturated carbocycles. The van der Waals surface area contributed by atoms with Gasteiger partial charge in [0.25, 0.3) is 0 Å². The molecule has 0 aromatic carbocycles. The normalized spacial score (nSPS) is 25.2. The van der Waals surface area contributed by atoms with E-state index in [2.05, 4.69) is 31.0 Å². The van der Waals surface area contributed by atoms with Crippen molar-refractivity contribution in [1.82, 2.24) is 10.2 Å². The SMILES string of the molecule is CCN(CC1CCCCN1)CC(C)(O)C(C)C. The molecule has 0 spiro atoms. The second kappa shape index (κ2) is 6.72. The Morgan fingerprint density at radius 2 is 2.12 bits per heavy atom. The minimum atomic E-state index is -0.579. The van der Waals surface area contributed by atoms with Crippen LogP contribution in [0.3, 0.4) is 0 Å². The van der Waals surface area contributed by atoms with Crippen molar-refractivity contribution < 1.29 is 5.11 Å². The number of rotatable bonds is 6. The summed E-state index contributed by atoms with van der Waals surface area (Å²) in [7, 11) is 0. The molecular weight excluding hydrogens is 212 g/mol. The van der Waals surface area contributed by atoms with Crippen LogP contribution in [0.2, 0.25) is 0 Å². The number of piperidine rings is 1. The van der Waals surface area contributed by atoms with Gasteiger partial charge >= 0.3 is 0 Å². The third kappa shape index (κ3) is 4.94.